The first-order valence-electron chi connectivity index (χ1n) is 3.99. The van der Waals surface area contributed by atoms with Gasteiger partial charge in [-0.2, -0.15) is 13.2 Å². The zero-order valence-electron chi connectivity index (χ0n) is 7.05. The highest BCUT2D eigenvalue weighted by atomic mass is 19.4. The second-order valence-electron chi connectivity index (χ2n) is 2.91. The Morgan fingerprint density at radius 3 is 2.64 bits per heavy atom. The molecule has 1 aromatic carbocycles. The summed E-state index contributed by atoms with van der Waals surface area (Å²) in [5.74, 6) is 0. The van der Waals surface area contributed by atoms with Gasteiger partial charge in [0.2, 0.25) is 6.21 Å². The van der Waals surface area contributed by atoms with Gasteiger partial charge in [-0.05, 0) is 18.2 Å². The molecule has 1 nitrogen and oxygen atoms in total. The summed E-state index contributed by atoms with van der Waals surface area (Å²) in [6.07, 6.45) is 0.590. The van der Waals surface area contributed by atoms with Crippen molar-refractivity contribution in [1.82, 2.24) is 4.99 Å². The Kier molecular flexibility index (Phi) is 1.91. The van der Waals surface area contributed by atoms with Crippen molar-refractivity contribution in [2.45, 2.75) is 6.18 Å². The Hall–Kier alpha value is -1.58. The lowest BCUT2D eigenvalue weighted by Crippen LogP contribution is -2.05. The number of aliphatic imine (C=N–C) groups is 1. The van der Waals surface area contributed by atoms with E-state index in [9.17, 15) is 13.2 Å². The third kappa shape index (κ3) is 1.55. The maximum absolute atomic E-state index is 12.3. The number of halogens is 3. The highest BCUT2D eigenvalue weighted by molar-refractivity contribution is 5.86. The summed E-state index contributed by atoms with van der Waals surface area (Å²) in [6.45, 7) is 0. The first-order chi connectivity index (χ1) is 6.57. The van der Waals surface area contributed by atoms with Gasteiger partial charge in [-0.1, -0.05) is 0 Å². The van der Waals surface area contributed by atoms with Crippen LogP contribution >= 0.6 is 0 Å². The zero-order chi connectivity index (χ0) is 10.2. The number of nitrogens with zero attached hydrogens (tertiary/aromatic N) is 1. The molecule has 0 aliphatic carbocycles. The molecule has 1 radical (unpaired) electrons. The van der Waals surface area contributed by atoms with Crippen LogP contribution in [0.4, 0.5) is 18.9 Å². The average molecular weight is 197 g/mol. The minimum Gasteiger partial charge on any atom is -0.166 e. The zero-order valence-corrected chi connectivity index (χ0v) is 7.05. The van der Waals surface area contributed by atoms with Gasteiger partial charge < -0.3 is 0 Å². The highest BCUT2D eigenvalue weighted by Gasteiger charge is 2.32. The molecule has 0 spiro atoms. The third-order valence-electron chi connectivity index (χ3n) is 1.93. The lowest BCUT2D eigenvalue weighted by atomic mass is 10.1. The monoisotopic (exact) mass is 197 g/mol. The van der Waals surface area contributed by atoms with E-state index in [2.05, 4.69) is 4.99 Å². The van der Waals surface area contributed by atoms with Crippen LogP contribution in [0.5, 0.6) is 0 Å². The standard InChI is InChI=1S/C10H6F3N/c11-10(12,13)8-4-3-7-2-1-5-14-9(7)6-8/h1-6H/q+1. The Morgan fingerprint density at radius 2 is 1.93 bits per heavy atom. The van der Waals surface area contributed by atoms with E-state index in [0.29, 0.717) is 11.3 Å². The molecule has 1 aromatic rings. The van der Waals surface area contributed by atoms with Gasteiger partial charge >= 0.3 is 6.18 Å². The minimum absolute atomic E-state index is 0.363. The normalized spacial score (nSPS) is 14.2. The van der Waals surface area contributed by atoms with Crippen LogP contribution in [-0.4, -0.2) is 6.21 Å². The van der Waals surface area contributed by atoms with Crippen LogP contribution in [0.15, 0.2) is 24.3 Å². The molecule has 1 aliphatic rings. The average Bonchev–Trinajstić information content (AvgIpc) is 2.16. The molecule has 0 bridgehead atoms. The van der Waals surface area contributed by atoms with Crippen LogP contribution in [0, 0.1) is 0 Å². The lowest BCUT2D eigenvalue weighted by Gasteiger charge is -2.05. The van der Waals surface area contributed by atoms with Gasteiger partial charge in [0.1, 0.15) is 0 Å². The van der Waals surface area contributed by atoms with E-state index in [0.717, 1.165) is 12.1 Å². The van der Waals surface area contributed by atoms with Crippen LogP contribution in [0.25, 0.3) is 6.08 Å². The van der Waals surface area contributed by atoms with Crippen molar-refractivity contribution in [3.63, 3.8) is 0 Å². The summed E-state index contributed by atoms with van der Waals surface area (Å²) in [5.41, 5.74) is 0.409. The van der Waals surface area contributed by atoms with Crippen LogP contribution < -0.4 is 4.99 Å². The maximum atomic E-state index is 12.3. The molecular weight excluding hydrogens is 191 g/mol. The largest absolute Gasteiger partial charge is 0.416 e. The molecule has 14 heavy (non-hydrogen) atoms. The smallest absolute Gasteiger partial charge is 0.166 e. The second-order valence-corrected chi connectivity index (χ2v) is 2.91. The molecular formula is C10H6F3N+. The second kappa shape index (κ2) is 2.97. The Labute approximate surface area is 78.6 Å². The number of rotatable bonds is 0. The number of allylic oxidation sites excluding steroid dienone is 1. The van der Waals surface area contributed by atoms with Crippen molar-refractivity contribution in [3.8, 4) is 0 Å². The number of fused-ring (bicyclic) bond motifs is 1. The first-order valence-corrected chi connectivity index (χ1v) is 3.99. The van der Waals surface area contributed by atoms with Crippen molar-refractivity contribution >= 4 is 18.0 Å². The van der Waals surface area contributed by atoms with Crippen LogP contribution in [0.2, 0.25) is 0 Å². The van der Waals surface area contributed by atoms with E-state index in [1.807, 2.05) is 0 Å². The fraction of sp³-hybridized carbons (Fsp3) is 0.100. The number of benzene rings is 1. The van der Waals surface area contributed by atoms with E-state index in [1.54, 1.807) is 12.2 Å². The van der Waals surface area contributed by atoms with E-state index in [4.69, 9.17) is 0 Å². The number of alkyl halides is 3. The molecule has 0 saturated carbocycles. The van der Waals surface area contributed by atoms with Crippen molar-refractivity contribution in [2.75, 3.05) is 0 Å². The molecule has 0 N–H and O–H groups in total. The number of hydrogen-bond acceptors (Lipinski definition) is 1. The topological polar surface area (TPSA) is 14.1 Å². The molecule has 0 aromatic heterocycles. The van der Waals surface area contributed by atoms with Crippen LogP contribution in [-0.2, 0) is 6.18 Å². The summed E-state index contributed by atoms with van der Waals surface area (Å²) in [5, 5.41) is 0. The van der Waals surface area contributed by atoms with Gasteiger partial charge in [-0.15, -0.1) is 0 Å². The first kappa shape index (κ1) is 8.99. The molecule has 1 aliphatic heterocycles. The summed E-state index contributed by atoms with van der Waals surface area (Å²) in [4.78, 5) is 3.86. The van der Waals surface area contributed by atoms with Gasteiger partial charge in [0, 0.05) is 12.1 Å². The van der Waals surface area contributed by atoms with Gasteiger partial charge in [-0.25, -0.2) is 0 Å². The van der Waals surface area contributed by atoms with Crippen molar-refractivity contribution in [3.05, 3.63) is 35.4 Å². The van der Waals surface area contributed by atoms with E-state index >= 15 is 0 Å². The Balaban J connectivity index is 2.51. The van der Waals surface area contributed by atoms with E-state index < -0.39 is 11.7 Å². The summed E-state index contributed by atoms with van der Waals surface area (Å²) in [6, 6.07) is 3.53. The van der Waals surface area contributed by atoms with E-state index in [-0.39, 0.29) is 0 Å². The third-order valence-corrected chi connectivity index (χ3v) is 1.93. The molecule has 4 heteroatoms. The van der Waals surface area contributed by atoms with Crippen LogP contribution in [0.3, 0.4) is 0 Å². The highest BCUT2D eigenvalue weighted by Crippen LogP contribution is 2.32. The minimum atomic E-state index is -4.30. The summed E-state index contributed by atoms with van der Waals surface area (Å²) >= 11 is 0. The van der Waals surface area contributed by atoms with Crippen molar-refractivity contribution in [2.24, 2.45) is 0 Å². The van der Waals surface area contributed by atoms with Gasteiger partial charge in [0.05, 0.1) is 16.1 Å². The molecule has 0 saturated heterocycles. The number of hydrogen-bond donors (Lipinski definition) is 0. The summed E-state index contributed by atoms with van der Waals surface area (Å²) in [7, 11) is 0. The Morgan fingerprint density at radius 1 is 1.14 bits per heavy atom. The van der Waals surface area contributed by atoms with Gasteiger partial charge in [-0.3, -0.25) is 0 Å². The van der Waals surface area contributed by atoms with Crippen LogP contribution in [0.1, 0.15) is 11.1 Å². The Bertz CT molecular complexity index is 416. The molecule has 71 valence electrons. The van der Waals surface area contributed by atoms with Crippen molar-refractivity contribution in [1.29, 1.82) is 0 Å². The molecule has 0 fully saturated rings. The fourth-order valence-corrected chi connectivity index (χ4v) is 1.24. The van der Waals surface area contributed by atoms with Gasteiger partial charge in [0.25, 0.3) is 5.69 Å². The fourth-order valence-electron chi connectivity index (χ4n) is 1.24. The predicted octanol–water partition coefficient (Wildman–Crippen LogP) is 2.77. The molecule has 1 heterocycles. The quantitative estimate of drug-likeness (QED) is 0.607. The molecule has 0 unspecified atom stereocenters. The molecule has 0 atom stereocenters. The molecule has 0 amide bonds. The predicted molar refractivity (Wildman–Crippen MR) is 48.3 cm³/mol. The van der Waals surface area contributed by atoms with Gasteiger partial charge in [0.15, 0.2) is 0 Å². The molecule has 2 rings (SSSR count). The summed E-state index contributed by atoms with van der Waals surface area (Å²) < 4.78 is 36.9. The van der Waals surface area contributed by atoms with Crippen molar-refractivity contribution < 1.29 is 13.2 Å². The SMILES string of the molecule is FC(F)(F)c1ccc2c(c1)[N+]=CC=C2. The maximum Gasteiger partial charge on any atom is 0.416 e. The lowest BCUT2D eigenvalue weighted by molar-refractivity contribution is -0.137. The van der Waals surface area contributed by atoms with E-state index in [1.165, 1.54) is 12.3 Å².